The maximum atomic E-state index is 12.4. The number of aryl methyl sites for hydroxylation is 2. The Labute approximate surface area is 148 Å². The quantitative estimate of drug-likeness (QED) is 0.565. The highest BCUT2D eigenvalue weighted by Gasteiger charge is 2.10. The van der Waals surface area contributed by atoms with Crippen molar-refractivity contribution in [2.45, 2.75) is 26.8 Å². The van der Waals surface area contributed by atoms with E-state index < -0.39 is 0 Å². The van der Waals surface area contributed by atoms with Crippen molar-refractivity contribution in [2.75, 3.05) is 0 Å². The van der Waals surface area contributed by atoms with Crippen molar-refractivity contribution in [1.82, 2.24) is 15.0 Å². The molecule has 3 aromatic rings. The van der Waals surface area contributed by atoms with Crippen molar-refractivity contribution in [2.24, 2.45) is 5.10 Å². The molecule has 2 aromatic heterocycles. The summed E-state index contributed by atoms with van der Waals surface area (Å²) in [4.78, 5) is 30.5. The van der Waals surface area contributed by atoms with Crippen LogP contribution < -0.4 is 11.0 Å². The lowest BCUT2D eigenvalue weighted by Gasteiger charge is -2.03. The van der Waals surface area contributed by atoms with Gasteiger partial charge in [-0.15, -0.1) is 11.3 Å². The minimum atomic E-state index is -0.377. The highest BCUT2D eigenvalue weighted by Crippen LogP contribution is 2.20. The average molecular weight is 354 g/mol. The van der Waals surface area contributed by atoms with Crippen LogP contribution in [0.25, 0.3) is 10.2 Å². The van der Waals surface area contributed by atoms with Gasteiger partial charge in [0.25, 0.3) is 11.5 Å². The van der Waals surface area contributed by atoms with Crippen LogP contribution in [0.15, 0.2) is 46.6 Å². The van der Waals surface area contributed by atoms with E-state index in [4.69, 9.17) is 0 Å². The summed E-state index contributed by atoms with van der Waals surface area (Å²) >= 11 is 1.50. The molecule has 25 heavy (non-hydrogen) atoms. The Hall–Kier alpha value is -2.80. The fourth-order valence-electron chi connectivity index (χ4n) is 2.32. The number of carbonyl (C=O) groups excluding carboxylic acids is 1. The van der Waals surface area contributed by atoms with E-state index >= 15 is 0 Å². The molecule has 1 amide bonds. The van der Waals surface area contributed by atoms with Crippen molar-refractivity contribution in [3.8, 4) is 0 Å². The molecule has 3 rings (SSSR count). The molecular formula is C18H18N4O2S. The van der Waals surface area contributed by atoms with E-state index in [1.54, 1.807) is 6.21 Å². The van der Waals surface area contributed by atoms with Gasteiger partial charge in [-0.2, -0.15) is 5.10 Å². The molecule has 0 unspecified atom stereocenters. The van der Waals surface area contributed by atoms with Crippen molar-refractivity contribution < 1.29 is 4.79 Å². The van der Waals surface area contributed by atoms with Gasteiger partial charge in [0.05, 0.1) is 17.9 Å². The van der Waals surface area contributed by atoms with Gasteiger partial charge in [0.1, 0.15) is 11.4 Å². The molecule has 0 aliphatic carbocycles. The topological polar surface area (TPSA) is 76.3 Å². The summed E-state index contributed by atoms with van der Waals surface area (Å²) in [6.07, 6.45) is 3.83. The molecule has 0 aliphatic rings. The third-order valence-corrected chi connectivity index (χ3v) is 4.90. The van der Waals surface area contributed by atoms with E-state index in [1.807, 2.05) is 44.2 Å². The van der Waals surface area contributed by atoms with Crippen LogP contribution >= 0.6 is 11.3 Å². The summed E-state index contributed by atoms with van der Waals surface area (Å²) in [7, 11) is 0. The van der Waals surface area contributed by atoms with Gasteiger partial charge in [0.2, 0.25) is 0 Å². The zero-order chi connectivity index (χ0) is 17.8. The standard InChI is InChI=1S/C18H18N4O2S/c1-3-14-8-15-17(25-14)19-11-22(18(15)24)10-16(23)21-20-9-13-6-4-12(2)5-7-13/h4-9,11H,3,10H2,1-2H3,(H,21,23)/b20-9-. The number of nitrogens with one attached hydrogen (secondary N) is 1. The number of nitrogens with zero attached hydrogens (tertiary/aromatic N) is 3. The lowest BCUT2D eigenvalue weighted by molar-refractivity contribution is -0.121. The lowest BCUT2D eigenvalue weighted by atomic mass is 10.2. The first-order valence-electron chi connectivity index (χ1n) is 7.93. The summed E-state index contributed by atoms with van der Waals surface area (Å²) in [6, 6.07) is 9.60. The van der Waals surface area contributed by atoms with E-state index in [9.17, 15) is 9.59 Å². The van der Waals surface area contributed by atoms with Crippen LogP contribution in [-0.2, 0) is 17.8 Å². The van der Waals surface area contributed by atoms with Crippen molar-refractivity contribution in [3.63, 3.8) is 0 Å². The Morgan fingerprint density at radius 3 is 2.84 bits per heavy atom. The molecule has 1 aromatic carbocycles. The van der Waals surface area contributed by atoms with Gasteiger partial charge in [-0.05, 0) is 25.0 Å². The Balaban J connectivity index is 1.68. The molecule has 0 fully saturated rings. The van der Waals surface area contributed by atoms with E-state index in [1.165, 1.54) is 22.2 Å². The first-order valence-corrected chi connectivity index (χ1v) is 8.75. The number of hydrogen-bond acceptors (Lipinski definition) is 5. The van der Waals surface area contributed by atoms with Crippen LogP contribution in [0.2, 0.25) is 0 Å². The molecule has 0 aliphatic heterocycles. The van der Waals surface area contributed by atoms with Crippen molar-refractivity contribution in [1.29, 1.82) is 0 Å². The van der Waals surface area contributed by atoms with Crippen LogP contribution in [0.3, 0.4) is 0 Å². The number of benzene rings is 1. The third kappa shape index (κ3) is 4.00. The maximum Gasteiger partial charge on any atom is 0.262 e. The number of aromatic nitrogens is 2. The number of rotatable bonds is 5. The van der Waals surface area contributed by atoms with Gasteiger partial charge in [-0.3, -0.25) is 14.2 Å². The van der Waals surface area contributed by atoms with E-state index in [0.717, 1.165) is 22.4 Å². The second-order valence-corrected chi connectivity index (χ2v) is 6.78. The van der Waals surface area contributed by atoms with E-state index in [-0.39, 0.29) is 18.0 Å². The van der Waals surface area contributed by atoms with Crippen LogP contribution in [0.5, 0.6) is 0 Å². The summed E-state index contributed by atoms with van der Waals surface area (Å²) in [5.41, 5.74) is 4.26. The molecule has 0 saturated heterocycles. The minimum Gasteiger partial charge on any atom is -0.289 e. The largest absolute Gasteiger partial charge is 0.289 e. The number of thiophene rings is 1. The molecule has 0 atom stereocenters. The number of carbonyl (C=O) groups is 1. The van der Waals surface area contributed by atoms with E-state index in [0.29, 0.717) is 10.2 Å². The van der Waals surface area contributed by atoms with Gasteiger partial charge in [0, 0.05) is 4.88 Å². The number of fused-ring (bicyclic) bond motifs is 1. The summed E-state index contributed by atoms with van der Waals surface area (Å²) in [5, 5.41) is 4.47. The average Bonchev–Trinajstić information content (AvgIpc) is 3.03. The fourth-order valence-corrected chi connectivity index (χ4v) is 3.24. The highest BCUT2D eigenvalue weighted by molar-refractivity contribution is 7.18. The van der Waals surface area contributed by atoms with Gasteiger partial charge < -0.3 is 0 Å². The predicted octanol–water partition coefficient (Wildman–Crippen LogP) is 2.48. The first-order chi connectivity index (χ1) is 12.1. The molecule has 1 N–H and O–H groups in total. The molecule has 0 spiro atoms. The van der Waals surface area contributed by atoms with Gasteiger partial charge in [0.15, 0.2) is 0 Å². The molecule has 0 radical (unpaired) electrons. The SMILES string of the molecule is CCc1cc2c(=O)n(CC(=O)N/N=C\c3ccc(C)cc3)cnc2s1. The Kier molecular flexibility index (Phi) is 5.04. The Morgan fingerprint density at radius 2 is 2.12 bits per heavy atom. The second-order valence-electron chi connectivity index (χ2n) is 5.67. The van der Waals surface area contributed by atoms with Crippen molar-refractivity contribution >= 4 is 33.7 Å². The monoisotopic (exact) mass is 354 g/mol. The smallest absolute Gasteiger partial charge is 0.262 e. The lowest BCUT2D eigenvalue weighted by Crippen LogP contribution is -2.29. The second kappa shape index (κ2) is 7.40. The van der Waals surface area contributed by atoms with Gasteiger partial charge in [-0.1, -0.05) is 36.8 Å². The molecule has 0 saturated carbocycles. The molecule has 0 bridgehead atoms. The predicted molar refractivity (Wildman–Crippen MR) is 100 cm³/mol. The fraction of sp³-hybridized carbons (Fsp3) is 0.222. The molecular weight excluding hydrogens is 336 g/mol. The molecule has 7 heteroatoms. The van der Waals surface area contributed by atoms with Crippen LogP contribution in [0.4, 0.5) is 0 Å². The summed E-state index contributed by atoms with van der Waals surface area (Å²) in [6.45, 7) is 3.91. The normalized spacial score (nSPS) is 11.3. The van der Waals surface area contributed by atoms with Gasteiger partial charge >= 0.3 is 0 Å². The Morgan fingerprint density at radius 1 is 1.36 bits per heavy atom. The van der Waals surface area contributed by atoms with Crippen LogP contribution in [0, 0.1) is 6.92 Å². The summed E-state index contributed by atoms with van der Waals surface area (Å²) in [5.74, 6) is -0.377. The molecule has 128 valence electrons. The van der Waals surface area contributed by atoms with Crippen LogP contribution in [0.1, 0.15) is 22.9 Å². The maximum absolute atomic E-state index is 12.4. The third-order valence-electron chi connectivity index (χ3n) is 3.71. The highest BCUT2D eigenvalue weighted by atomic mass is 32.1. The van der Waals surface area contributed by atoms with Crippen LogP contribution in [-0.4, -0.2) is 21.7 Å². The van der Waals surface area contributed by atoms with Gasteiger partial charge in [-0.25, -0.2) is 10.4 Å². The van der Waals surface area contributed by atoms with E-state index in [2.05, 4.69) is 15.5 Å². The first kappa shape index (κ1) is 17.0. The zero-order valence-corrected chi connectivity index (χ0v) is 14.8. The molecule has 6 nitrogen and oxygen atoms in total. The minimum absolute atomic E-state index is 0.121. The number of hydrogen-bond donors (Lipinski definition) is 1. The Bertz CT molecular complexity index is 986. The summed E-state index contributed by atoms with van der Waals surface area (Å²) < 4.78 is 1.30. The molecule has 2 heterocycles. The zero-order valence-electron chi connectivity index (χ0n) is 14.0. The number of hydrazone groups is 1. The number of amides is 1. The van der Waals surface area contributed by atoms with Crippen molar-refractivity contribution in [3.05, 3.63) is 63.0 Å².